The Bertz CT molecular complexity index is 735. The average molecular weight is 336 g/mol. The third-order valence-corrected chi connectivity index (χ3v) is 3.67. The van der Waals surface area contributed by atoms with E-state index in [0.29, 0.717) is 5.52 Å². The van der Waals surface area contributed by atoms with Crippen LogP contribution < -0.4 is 0 Å². The highest BCUT2D eigenvalue weighted by Gasteiger charge is 2.25. The quantitative estimate of drug-likeness (QED) is 0.914. The second-order valence-corrected chi connectivity index (χ2v) is 6.43. The first kappa shape index (κ1) is 14.5. The Kier molecular flexibility index (Phi) is 3.57. The summed E-state index contributed by atoms with van der Waals surface area (Å²) >= 11 is 3.51. The molecular formula is C14H14BrN3O2. The van der Waals surface area contributed by atoms with E-state index in [1.165, 1.54) is 4.68 Å². The van der Waals surface area contributed by atoms with Crippen molar-refractivity contribution in [1.82, 2.24) is 9.78 Å². The topological polar surface area (TPSA) is 78.9 Å². The van der Waals surface area contributed by atoms with Gasteiger partial charge in [0.05, 0.1) is 5.52 Å². The van der Waals surface area contributed by atoms with E-state index in [9.17, 15) is 10.1 Å². The van der Waals surface area contributed by atoms with Crippen LogP contribution in [-0.2, 0) is 16.8 Å². The molecule has 0 spiro atoms. The molecule has 0 fully saturated rings. The van der Waals surface area contributed by atoms with Gasteiger partial charge in [0, 0.05) is 9.86 Å². The first-order valence-electron chi connectivity index (χ1n) is 6.07. The summed E-state index contributed by atoms with van der Waals surface area (Å²) in [7, 11) is 0. The van der Waals surface area contributed by atoms with Gasteiger partial charge in [-0.25, -0.2) is 0 Å². The average Bonchev–Trinajstić information content (AvgIpc) is 2.64. The number of hydrogen-bond acceptors (Lipinski definition) is 3. The molecule has 0 aliphatic heterocycles. The molecule has 0 aliphatic rings. The largest absolute Gasteiger partial charge is 0.480 e. The Morgan fingerprint density at radius 3 is 2.65 bits per heavy atom. The van der Waals surface area contributed by atoms with E-state index in [2.05, 4.69) is 27.1 Å². The van der Waals surface area contributed by atoms with E-state index < -0.39 is 5.97 Å². The molecule has 0 saturated carbocycles. The van der Waals surface area contributed by atoms with Gasteiger partial charge in [0.1, 0.15) is 12.6 Å². The molecule has 0 unspecified atom stereocenters. The van der Waals surface area contributed by atoms with Gasteiger partial charge in [0.15, 0.2) is 5.69 Å². The Labute approximate surface area is 124 Å². The number of aliphatic carboxylic acids is 1. The molecule has 0 atom stereocenters. The molecule has 0 amide bonds. The third kappa shape index (κ3) is 2.41. The van der Waals surface area contributed by atoms with E-state index in [4.69, 9.17) is 5.11 Å². The minimum absolute atomic E-state index is 0.193. The summed E-state index contributed by atoms with van der Waals surface area (Å²) in [6, 6.07) is 5.71. The smallest absolute Gasteiger partial charge is 0.325 e. The second-order valence-electron chi connectivity index (χ2n) is 5.58. The summed E-state index contributed by atoms with van der Waals surface area (Å²) in [5.74, 6) is -0.987. The number of carboxylic acid groups (broad SMARTS) is 1. The predicted molar refractivity (Wildman–Crippen MR) is 78.5 cm³/mol. The molecule has 104 valence electrons. The summed E-state index contributed by atoms with van der Waals surface area (Å²) < 4.78 is 2.25. The Morgan fingerprint density at radius 2 is 2.15 bits per heavy atom. The Hall–Kier alpha value is -1.87. The van der Waals surface area contributed by atoms with Crippen molar-refractivity contribution in [1.29, 1.82) is 5.26 Å². The highest BCUT2D eigenvalue weighted by atomic mass is 79.9. The molecule has 0 aliphatic carbocycles. The fraction of sp³-hybridized carbons (Fsp3) is 0.357. The standard InChI is InChI=1S/C14H14BrN3O2/c1-14(2,3)13-8(15)4-5-10-12(13)9(6-16)17-18(10)7-11(19)20/h4-5H,7H2,1-3H3,(H,19,20). The van der Waals surface area contributed by atoms with Crippen molar-refractivity contribution in [2.45, 2.75) is 32.7 Å². The number of nitrogens with zero attached hydrogens (tertiary/aromatic N) is 3. The first-order chi connectivity index (χ1) is 9.25. The monoisotopic (exact) mass is 335 g/mol. The van der Waals surface area contributed by atoms with E-state index in [1.54, 1.807) is 6.07 Å². The van der Waals surface area contributed by atoms with Crippen LogP contribution in [0, 0.1) is 11.3 Å². The van der Waals surface area contributed by atoms with Crippen molar-refractivity contribution >= 4 is 32.8 Å². The molecular weight excluding hydrogens is 322 g/mol. The zero-order valence-electron chi connectivity index (χ0n) is 11.4. The van der Waals surface area contributed by atoms with Gasteiger partial charge in [0.25, 0.3) is 0 Å². The molecule has 0 saturated heterocycles. The van der Waals surface area contributed by atoms with Crippen LogP contribution in [0.4, 0.5) is 0 Å². The Balaban J connectivity index is 2.88. The lowest BCUT2D eigenvalue weighted by Gasteiger charge is -2.22. The predicted octanol–water partition coefficient (Wildman–Crippen LogP) is 3.05. The van der Waals surface area contributed by atoms with Gasteiger partial charge in [-0.2, -0.15) is 10.4 Å². The van der Waals surface area contributed by atoms with Gasteiger partial charge in [-0.05, 0) is 23.1 Å². The molecule has 1 aromatic carbocycles. The highest BCUT2D eigenvalue weighted by Crippen LogP contribution is 2.37. The van der Waals surface area contributed by atoms with Gasteiger partial charge in [-0.3, -0.25) is 9.48 Å². The normalized spacial score (nSPS) is 11.6. The van der Waals surface area contributed by atoms with Crippen molar-refractivity contribution in [3.8, 4) is 6.07 Å². The maximum atomic E-state index is 10.9. The van der Waals surface area contributed by atoms with Gasteiger partial charge in [-0.15, -0.1) is 0 Å². The summed E-state index contributed by atoms with van der Waals surface area (Å²) in [6.45, 7) is 5.87. The maximum Gasteiger partial charge on any atom is 0.325 e. The third-order valence-electron chi connectivity index (χ3n) is 3.01. The second kappa shape index (κ2) is 4.91. The van der Waals surface area contributed by atoms with Crippen molar-refractivity contribution in [2.75, 3.05) is 0 Å². The minimum atomic E-state index is -0.987. The number of nitriles is 1. The lowest BCUT2D eigenvalue weighted by atomic mass is 9.84. The van der Waals surface area contributed by atoms with Gasteiger partial charge >= 0.3 is 5.97 Å². The number of halogens is 1. The van der Waals surface area contributed by atoms with Gasteiger partial charge < -0.3 is 5.11 Å². The number of hydrogen-bond donors (Lipinski definition) is 1. The van der Waals surface area contributed by atoms with Crippen molar-refractivity contribution in [2.24, 2.45) is 0 Å². The van der Waals surface area contributed by atoms with Crippen molar-refractivity contribution in [3.05, 3.63) is 27.9 Å². The number of carboxylic acids is 1. The summed E-state index contributed by atoms with van der Waals surface area (Å²) in [5.41, 5.74) is 1.69. The van der Waals surface area contributed by atoms with E-state index in [-0.39, 0.29) is 17.7 Å². The first-order valence-corrected chi connectivity index (χ1v) is 6.86. The maximum absolute atomic E-state index is 10.9. The van der Waals surface area contributed by atoms with Crippen LogP contribution in [0.1, 0.15) is 32.0 Å². The SMILES string of the molecule is CC(C)(C)c1c(Br)ccc2c1c(C#N)nn2CC(=O)O. The van der Waals surface area contributed by atoms with E-state index >= 15 is 0 Å². The number of aromatic nitrogens is 2. The van der Waals surface area contributed by atoms with Crippen LogP contribution in [-0.4, -0.2) is 20.9 Å². The number of carbonyl (C=O) groups is 1. The summed E-state index contributed by atoms with van der Waals surface area (Å²) in [4.78, 5) is 10.9. The molecule has 2 aromatic rings. The molecule has 5 nitrogen and oxygen atoms in total. The van der Waals surface area contributed by atoms with Crippen LogP contribution in [0.15, 0.2) is 16.6 Å². The van der Waals surface area contributed by atoms with Crippen LogP contribution in [0.2, 0.25) is 0 Å². The highest BCUT2D eigenvalue weighted by molar-refractivity contribution is 9.10. The summed E-state index contributed by atoms with van der Waals surface area (Å²) in [6.07, 6.45) is 0. The number of benzene rings is 1. The molecule has 20 heavy (non-hydrogen) atoms. The van der Waals surface area contributed by atoms with Crippen molar-refractivity contribution < 1.29 is 9.90 Å². The number of rotatable bonds is 2. The van der Waals surface area contributed by atoms with Crippen LogP contribution >= 0.6 is 15.9 Å². The molecule has 1 N–H and O–H groups in total. The molecule has 2 rings (SSSR count). The summed E-state index contributed by atoms with van der Waals surface area (Å²) in [5, 5.41) is 23.0. The molecule has 0 bridgehead atoms. The van der Waals surface area contributed by atoms with Crippen LogP contribution in [0.25, 0.3) is 10.9 Å². The van der Waals surface area contributed by atoms with E-state index in [0.717, 1.165) is 15.4 Å². The minimum Gasteiger partial charge on any atom is -0.480 e. The van der Waals surface area contributed by atoms with Gasteiger partial charge in [0.2, 0.25) is 0 Å². The molecule has 1 aromatic heterocycles. The van der Waals surface area contributed by atoms with Gasteiger partial charge in [-0.1, -0.05) is 36.7 Å². The van der Waals surface area contributed by atoms with Crippen LogP contribution in [0.3, 0.4) is 0 Å². The lowest BCUT2D eigenvalue weighted by molar-refractivity contribution is -0.137. The zero-order valence-corrected chi connectivity index (χ0v) is 13.0. The number of fused-ring (bicyclic) bond motifs is 1. The van der Waals surface area contributed by atoms with Crippen LogP contribution in [0.5, 0.6) is 0 Å². The van der Waals surface area contributed by atoms with E-state index in [1.807, 2.05) is 26.8 Å². The fourth-order valence-corrected chi connectivity index (χ4v) is 3.23. The van der Waals surface area contributed by atoms with Crippen molar-refractivity contribution in [3.63, 3.8) is 0 Å². The zero-order chi connectivity index (χ0) is 15.1. The molecule has 1 heterocycles. The molecule has 0 radical (unpaired) electrons. The lowest BCUT2D eigenvalue weighted by Crippen LogP contribution is -2.13. The molecule has 6 heteroatoms. The Morgan fingerprint density at radius 1 is 1.50 bits per heavy atom. The fourth-order valence-electron chi connectivity index (χ4n) is 2.31.